The molecule has 0 unspecified atom stereocenters. The highest BCUT2D eigenvalue weighted by atomic mass is 79.9. The maximum absolute atomic E-state index is 6.19. The van der Waals surface area contributed by atoms with Crippen molar-refractivity contribution in [2.75, 3.05) is 0 Å². The summed E-state index contributed by atoms with van der Waals surface area (Å²) in [5.41, 5.74) is 15.5. The summed E-state index contributed by atoms with van der Waals surface area (Å²) in [4.78, 5) is 0. The number of benzene rings is 10. The lowest BCUT2D eigenvalue weighted by atomic mass is 10.0. The Hall–Kier alpha value is -8.12. The van der Waals surface area contributed by atoms with E-state index in [1.807, 2.05) is 42.5 Å². The third-order valence-electron chi connectivity index (χ3n) is 12.9. The van der Waals surface area contributed by atoms with Crippen LogP contribution in [0.3, 0.4) is 0 Å². The number of halogens is 1. The molecule has 4 aromatic heterocycles. The van der Waals surface area contributed by atoms with Gasteiger partial charge in [0.15, 0.2) is 0 Å². The van der Waals surface area contributed by atoms with Gasteiger partial charge in [-0.3, -0.25) is 0 Å². The lowest BCUT2D eigenvalue weighted by Crippen LogP contribution is -1.94. The summed E-state index contributed by atoms with van der Waals surface area (Å²) in [5, 5.41) is 9.57. The number of nitrogens with zero attached hydrogens (tertiary/aromatic N) is 2. The smallest absolute Gasteiger partial charge is 0.135 e. The van der Waals surface area contributed by atoms with Gasteiger partial charge in [-0.25, -0.2) is 0 Å². The number of hydrogen-bond acceptors (Lipinski definition) is 2. The molecule has 0 aliphatic carbocycles. The SMILES string of the molecule is Brc1ccc2oc3ccccc3c2c1.c1ccc(-c2ccc(-n3c4ccccc4c4ccc(-c5ccc6c7ccccc7n(-c7ccc8oc9ccccc9c8c7)c6c5)cc43)cc2)cc1. The normalized spacial score (nSPS) is 11.8. The fourth-order valence-corrected chi connectivity index (χ4v) is 10.2. The van der Waals surface area contributed by atoms with Crippen molar-refractivity contribution in [1.29, 1.82) is 0 Å². The van der Waals surface area contributed by atoms with Gasteiger partial charge in [0.25, 0.3) is 0 Å². The van der Waals surface area contributed by atoms with Crippen molar-refractivity contribution in [3.8, 4) is 33.6 Å². The van der Waals surface area contributed by atoms with E-state index in [2.05, 4.69) is 207 Å². The van der Waals surface area contributed by atoms with E-state index in [4.69, 9.17) is 8.83 Å². The Morgan fingerprint density at radius 2 is 0.677 bits per heavy atom. The number of rotatable bonds is 4. The molecule has 0 saturated heterocycles. The zero-order valence-corrected chi connectivity index (χ0v) is 36.5. The summed E-state index contributed by atoms with van der Waals surface area (Å²) in [5.74, 6) is 0. The van der Waals surface area contributed by atoms with Crippen LogP contribution >= 0.6 is 15.9 Å². The van der Waals surface area contributed by atoms with Crippen LogP contribution in [0.25, 0.3) is 121 Å². The standard InChI is InChI=1S/C48H30N2O.C12H7BrO/c1-2-10-31(11-3-1)32-18-22-35(23-19-32)49-43-15-7-4-12-37(43)39-25-20-33(28-45(39)49)34-21-26-40-38-13-5-8-16-44(38)50(46(40)29-34)36-24-27-48-42(30-36)41-14-6-9-17-47(41)51-48;13-8-5-6-12-10(7-8)9-3-1-2-4-11(9)14-12/h1-30H;1-7H. The molecule has 306 valence electrons. The van der Waals surface area contributed by atoms with Gasteiger partial charge in [0.2, 0.25) is 0 Å². The van der Waals surface area contributed by atoms with E-state index < -0.39 is 0 Å². The van der Waals surface area contributed by atoms with E-state index >= 15 is 0 Å². The summed E-state index contributed by atoms with van der Waals surface area (Å²) in [6, 6.07) is 79.8. The summed E-state index contributed by atoms with van der Waals surface area (Å²) < 4.78 is 17.8. The van der Waals surface area contributed by atoms with Crippen LogP contribution in [0.4, 0.5) is 0 Å². The first-order valence-electron chi connectivity index (χ1n) is 21.8. The summed E-state index contributed by atoms with van der Waals surface area (Å²) in [7, 11) is 0. The first-order chi connectivity index (χ1) is 32.1. The molecule has 0 amide bonds. The summed E-state index contributed by atoms with van der Waals surface area (Å²) in [6.07, 6.45) is 0. The van der Waals surface area contributed by atoms with Gasteiger partial charge in [0.1, 0.15) is 22.3 Å². The second-order valence-electron chi connectivity index (χ2n) is 16.6. The molecular weight excluding hydrogens is 861 g/mol. The molecule has 0 bridgehead atoms. The minimum Gasteiger partial charge on any atom is -0.456 e. The van der Waals surface area contributed by atoms with Crippen LogP contribution in [-0.2, 0) is 0 Å². The minimum absolute atomic E-state index is 0.903. The van der Waals surface area contributed by atoms with Crippen molar-refractivity contribution in [3.05, 3.63) is 229 Å². The van der Waals surface area contributed by atoms with Crippen molar-refractivity contribution >= 4 is 103 Å². The third-order valence-corrected chi connectivity index (χ3v) is 13.4. The largest absolute Gasteiger partial charge is 0.456 e. The van der Waals surface area contributed by atoms with Crippen LogP contribution < -0.4 is 0 Å². The van der Waals surface area contributed by atoms with Gasteiger partial charge in [0.05, 0.1) is 22.1 Å². The zero-order valence-electron chi connectivity index (χ0n) is 35.0. The fourth-order valence-electron chi connectivity index (χ4n) is 9.84. The highest BCUT2D eigenvalue weighted by Gasteiger charge is 2.17. The van der Waals surface area contributed by atoms with Crippen LogP contribution in [-0.4, -0.2) is 9.13 Å². The Morgan fingerprint density at radius 1 is 0.262 bits per heavy atom. The number of fused-ring (bicyclic) bond motifs is 12. The molecule has 0 saturated carbocycles. The van der Waals surface area contributed by atoms with Crippen LogP contribution in [0.15, 0.2) is 238 Å². The minimum atomic E-state index is 0.903. The fraction of sp³-hybridized carbons (Fsp3) is 0. The van der Waals surface area contributed by atoms with E-state index in [9.17, 15) is 0 Å². The number of para-hydroxylation sites is 4. The Labute approximate surface area is 381 Å². The van der Waals surface area contributed by atoms with Crippen LogP contribution in [0, 0.1) is 0 Å². The molecule has 5 heteroatoms. The Morgan fingerprint density at radius 3 is 1.28 bits per heavy atom. The molecule has 4 nitrogen and oxygen atoms in total. The van der Waals surface area contributed by atoms with E-state index in [-0.39, 0.29) is 0 Å². The van der Waals surface area contributed by atoms with Gasteiger partial charge in [-0.2, -0.15) is 0 Å². The molecule has 0 aliphatic heterocycles. The van der Waals surface area contributed by atoms with Crippen LogP contribution in [0.5, 0.6) is 0 Å². The van der Waals surface area contributed by atoms with Crippen molar-refractivity contribution in [2.45, 2.75) is 0 Å². The van der Waals surface area contributed by atoms with E-state index in [1.165, 1.54) is 71.3 Å². The van der Waals surface area contributed by atoms with Crippen LogP contribution in [0.1, 0.15) is 0 Å². The van der Waals surface area contributed by atoms with E-state index in [1.54, 1.807) is 0 Å². The molecule has 0 fully saturated rings. The summed E-state index contributed by atoms with van der Waals surface area (Å²) >= 11 is 3.46. The topological polar surface area (TPSA) is 36.1 Å². The third kappa shape index (κ3) is 6.19. The van der Waals surface area contributed by atoms with Gasteiger partial charge in [0, 0.05) is 58.9 Å². The molecule has 0 aliphatic rings. The van der Waals surface area contributed by atoms with Gasteiger partial charge in [-0.1, -0.05) is 155 Å². The second kappa shape index (κ2) is 15.0. The van der Waals surface area contributed by atoms with Crippen LogP contribution in [0.2, 0.25) is 0 Å². The van der Waals surface area contributed by atoms with Crippen molar-refractivity contribution in [2.24, 2.45) is 0 Å². The summed E-state index contributed by atoms with van der Waals surface area (Å²) in [6.45, 7) is 0. The Balaban J connectivity index is 0.000000257. The lowest BCUT2D eigenvalue weighted by Gasteiger charge is -2.11. The predicted molar refractivity (Wildman–Crippen MR) is 275 cm³/mol. The second-order valence-corrected chi connectivity index (χ2v) is 17.5. The molecule has 4 heterocycles. The first kappa shape index (κ1) is 37.4. The molecule has 14 aromatic rings. The van der Waals surface area contributed by atoms with Gasteiger partial charge in [-0.05, 0) is 107 Å². The average molecular weight is 898 g/mol. The van der Waals surface area contributed by atoms with Crippen molar-refractivity contribution in [3.63, 3.8) is 0 Å². The predicted octanol–water partition coefficient (Wildman–Crippen LogP) is 17.5. The maximum atomic E-state index is 6.19. The highest BCUT2D eigenvalue weighted by Crippen LogP contribution is 2.40. The molecule has 10 aromatic carbocycles. The molecule has 0 N–H and O–H groups in total. The van der Waals surface area contributed by atoms with E-state index in [0.717, 1.165) is 54.3 Å². The van der Waals surface area contributed by atoms with Gasteiger partial charge in [-0.15, -0.1) is 0 Å². The lowest BCUT2D eigenvalue weighted by molar-refractivity contribution is 0.668. The maximum Gasteiger partial charge on any atom is 0.135 e. The van der Waals surface area contributed by atoms with Gasteiger partial charge >= 0.3 is 0 Å². The van der Waals surface area contributed by atoms with E-state index in [0.29, 0.717) is 0 Å². The zero-order chi connectivity index (χ0) is 43.0. The highest BCUT2D eigenvalue weighted by molar-refractivity contribution is 9.10. The average Bonchev–Trinajstić information content (AvgIpc) is 4.11. The first-order valence-corrected chi connectivity index (χ1v) is 22.6. The van der Waals surface area contributed by atoms with Crippen molar-refractivity contribution in [1.82, 2.24) is 9.13 Å². The molecule has 65 heavy (non-hydrogen) atoms. The Kier molecular flexibility index (Phi) is 8.65. The quantitative estimate of drug-likeness (QED) is 0.176. The molecule has 0 radical (unpaired) electrons. The van der Waals surface area contributed by atoms with Crippen molar-refractivity contribution < 1.29 is 8.83 Å². The molecular formula is C60H37BrN2O2. The molecule has 0 atom stereocenters. The van der Waals surface area contributed by atoms with Gasteiger partial charge < -0.3 is 18.0 Å². The molecule has 14 rings (SSSR count). The number of aromatic nitrogens is 2. The number of furan rings is 2. The molecule has 0 spiro atoms. The monoisotopic (exact) mass is 896 g/mol. The number of hydrogen-bond donors (Lipinski definition) is 0. The Bertz CT molecular complexity index is 4130.